The van der Waals surface area contributed by atoms with Gasteiger partial charge in [0.15, 0.2) is 6.23 Å². The second-order valence-electron chi connectivity index (χ2n) is 4.18. The molecule has 2 rings (SSSR count). The van der Waals surface area contributed by atoms with E-state index in [9.17, 15) is 14.7 Å². The van der Waals surface area contributed by atoms with Crippen molar-refractivity contribution in [2.75, 3.05) is 0 Å². The molecule has 1 unspecified atom stereocenters. The van der Waals surface area contributed by atoms with E-state index >= 15 is 0 Å². The van der Waals surface area contributed by atoms with Gasteiger partial charge in [0.2, 0.25) is 0 Å². The Kier molecular flexibility index (Phi) is 6.43. The van der Waals surface area contributed by atoms with Gasteiger partial charge in [-0.15, -0.1) is 0 Å². The van der Waals surface area contributed by atoms with Crippen LogP contribution in [0.1, 0.15) is 19.6 Å². The van der Waals surface area contributed by atoms with Crippen molar-refractivity contribution >= 4 is 0 Å². The molecule has 0 bridgehead atoms. The van der Waals surface area contributed by atoms with Gasteiger partial charge in [0.1, 0.15) is 6.10 Å². The van der Waals surface area contributed by atoms with Gasteiger partial charge < -0.3 is 9.84 Å². The molecule has 2 heterocycles. The molecule has 1 saturated heterocycles. The maximum absolute atomic E-state index is 11.6. The second kappa shape index (κ2) is 7.39. The van der Waals surface area contributed by atoms with Gasteiger partial charge >= 0.3 is 5.69 Å². The van der Waals surface area contributed by atoms with Crippen LogP contribution in [0.5, 0.6) is 0 Å². The third-order valence-corrected chi connectivity index (χ3v) is 3.05. The number of nitrogens with zero attached hydrogens (tertiary/aromatic N) is 4. The van der Waals surface area contributed by atoms with Gasteiger partial charge in [0.25, 0.3) is 5.56 Å². The molecular formula is C10H13AcN5O4. The fraction of sp³-hybridized carbons (Fsp3) is 0.600. The van der Waals surface area contributed by atoms with E-state index in [1.807, 2.05) is 6.92 Å². The summed E-state index contributed by atoms with van der Waals surface area (Å²) in [7, 11) is 0. The molecule has 0 amide bonds. The van der Waals surface area contributed by atoms with Crippen LogP contribution in [0, 0.1) is 44.1 Å². The first-order valence-electron chi connectivity index (χ1n) is 5.77. The van der Waals surface area contributed by atoms with Crippen molar-refractivity contribution in [3.8, 4) is 0 Å². The van der Waals surface area contributed by atoms with E-state index in [0.29, 0.717) is 6.42 Å². The number of hydrogen-bond acceptors (Lipinski definition) is 5. The average molecular weight is 494 g/mol. The third-order valence-electron chi connectivity index (χ3n) is 3.05. The number of aliphatic hydroxyl groups excluding tert-OH is 1. The van der Waals surface area contributed by atoms with E-state index in [2.05, 4.69) is 15.0 Å². The minimum Gasteiger partial charge on any atom is -0.388 e. The van der Waals surface area contributed by atoms with Gasteiger partial charge in [-0.2, -0.15) is 0 Å². The second-order valence-corrected chi connectivity index (χ2v) is 4.18. The number of aromatic amines is 1. The van der Waals surface area contributed by atoms with Crippen LogP contribution in [-0.4, -0.2) is 32.9 Å². The molecule has 10 heteroatoms. The number of rotatable bonds is 3. The zero-order valence-electron chi connectivity index (χ0n) is 10.7. The van der Waals surface area contributed by atoms with Crippen LogP contribution >= 0.6 is 0 Å². The predicted octanol–water partition coefficient (Wildman–Crippen LogP) is -0.116. The number of aliphatic hydroxyl groups is 1. The number of aromatic nitrogens is 2. The first-order valence-corrected chi connectivity index (χ1v) is 5.77. The van der Waals surface area contributed by atoms with Gasteiger partial charge in [-0.1, -0.05) is 12.0 Å². The molecule has 0 aliphatic carbocycles. The molecule has 20 heavy (non-hydrogen) atoms. The van der Waals surface area contributed by atoms with Gasteiger partial charge in [0, 0.05) is 61.2 Å². The normalized spacial score (nSPS) is 28.5. The molecule has 1 aliphatic heterocycles. The Morgan fingerprint density at radius 2 is 2.30 bits per heavy atom. The fourth-order valence-corrected chi connectivity index (χ4v) is 2.13. The van der Waals surface area contributed by atoms with E-state index in [4.69, 9.17) is 10.3 Å². The Bertz CT molecular complexity index is 623. The maximum Gasteiger partial charge on any atom is 0.330 e. The standard InChI is InChI=1S/C10H13N5O4.Ac/c1-2-5-7(13-14-11)8(17)9(19-5)15-4-3-6(16)12-10(15)18;/h3-5,7-9,17H,2H2,1H3,(H,12,16,18);/t5-,7?,8+,9-;/m1./s1. The summed E-state index contributed by atoms with van der Waals surface area (Å²) in [5, 5.41) is 13.6. The summed E-state index contributed by atoms with van der Waals surface area (Å²) < 4.78 is 6.59. The quantitative estimate of drug-likeness (QED) is 0.345. The largest absolute Gasteiger partial charge is 0.388 e. The van der Waals surface area contributed by atoms with Crippen LogP contribution in [-0.2, 0) is 4.74 Å². The summed E-state index contributed by atoms with van der Waals surface area (Å²) >= 11 is 0. The monoisotopic (exact) mass is 494 g/mol. The number of ether oxygens (including phenoxy) is 1. The predicted molar refractivity (Wildman–Crippen MR) is 64.5 cm³/mol. The summed E-state index contributed by atoms with van der Waals surface area (Å²) in [6.07, 6.45) is -0.848. The minimum absolute atomic E-state index is 0. The van der Waals surface area contributed by atoms with Gasteiger partial charge in [-0.25, -0.2) is 4.79 Å². The van der Waals surface area contributed by atoms with Gasteiger partial charge in [-0.3, -0.25) is 14.3 Å². The van der Waals surface area contributed by atoms with Crippen molar-refractivity contribution in [3.63, 3.8) is 0 Å². The molecule has 0 aromatic carbocycles. The summed E-state index contributed by atoms with van der Waals surface area (Å²) in [4.78, 5) is 27.4. The first kappa shape index (κ1) is 17.4. The van der Waals surface area contributed by atoms with Crippen molar-refractivity contribution in [1.29, 1.82) is 0 Å². The molecule has 1 radical (unpaired) electrons. The van der Waals surface area contributed by atoms with E-state index in [1.54, 1.807) is 0 Å². The summed E-state index contributed by atoms with van der Waals surface area (Å²) in [5.41, 5.74) is 7.26. The fourth-order valence-electron chi connectivity index (χ4n) is 2.13. The molecule has 4 atom stereocenters. The van der Waals surface area contributed by atoms with Crippen LogP contribution < -0.4 is 11.2 Å². The Balaban J connectivity index is 0.00000200. The molecule has 1 aliphatic rings. The Morgan fingerprint density at radius 3 is 2.85 bits per heavy atom. The van der Waals surface area contributed by atoms with E-state index in [0.717, 1.165) is 10.6 Å². The Labute approximate surface area is 149 Å². The maximum atomic E-state index is 11.6. The van der Waals surface area contributed by atoms with Crippen LogP contribution in [0.2, 0.25) is 0 Å². The third kappa shape index (κ3) is 3.33. The van der Waals surface area contributed by atoms with Crippen molar-refractivity contribution in [1.82, 2.24) is 9.55 Å². The van der Waals surface area contributed by atoms with Crippen molar-refractivity contribution in [2.24, 2.45) is 5.11 Å². The van der Waals surface area contributed by atoms with E-state index in [-0.39, 0.29) is 44.1 Å². The molecule has 1 aromatic rings. The summed E-state index contributed by atoms with van der Waals surface area (Å²) in [6.45, 7) is 1.81. The summed E-state index contributed by atoms with van der Waals surface area (Å²) in [5.74, 6) is 0. The summed E-state index contributed by atoms with van der Waals surface area (Å²) in [6, 6.07) is 0.387. The van der Waals surface area contributed by atoms with Crippen molar-refractivity contribution in [3.05, 3.63) is 43.5 Å². The molecular weight excluding hydrogens is 481 g/mol. The molecule has 9 nitrogen and oxygen atoms in total. The molecule has 1 aromatic heterocycles. The number of H-pyrrole nitrogens is 1. The van der Waals surface area contributed by atoms with Crippen LogP contribution in [0.4, 0.5) is 0 Å². The molecule has 0 spiro atoms. The number of azide groups is 1. The topological polar surface area (TPSA) is 133 Å². The van der Waals surface area contributed by atoms with E-state index < -0.39 is 35.7 Å². The van der Waals surface area contributed by atoms with Gasteiger partial charge in [-0.05, 0) is 12.0 Å². The minimum atomic E-state index is -1.15. The number of nitrogens with one attached hydrogen (secondary N) is 1. The SMILES string of the molecule is CC[C@H]1O[C@@H](n2ccc(=O)[nH]c2=O)[C@@H](O)C1N=[N+]=[N-].[Ac]. The van der Waals surface area contributed by atoms with E-state index in [1.165, 1.54) is 6.20 Å². The smallest absolute Gasteiger partial charge is 0.330 e. The Hall–Kier alpha value is -0.648. The zero-order chi connectivity index (χ0) is 14.0. The Morgan fingerprint density at radius 1 is 1.60 bits per heavy atom. The van der Waals surface area contributed by atoms with Crippen LogP contribution in [0.25, 0.3) is 10.4 Å². The van der Waals surface area contributed by atoms with Crippen LogP contribution in [0.15, 0.2) is 27.0 Å². The average Bonchev–Trinajstić information content (AvgIpc) is 2.68. The van der Waals surface area contributed by atoms with Gasteiger partial charge in [0.05, 0.1) is 12.1 Å². The zero-order valence-corrected chi connectivity index (χ0v) is 15.5. The van der Waals surface area contributed by atoms with Crippen LogP contribution in [0.3, 0.4) is 0 Å². The first-order chi connectivity index (χ1) is 9.08. The molecule has 105 valence electrons. The molecule has 2 N–H and O–H groups in total. The molecule has 1 fully saturated rings. The van der Waals surface area contributed by atoms with Crippen molar-refractivity contribution < 1.29 is 53.9 Å². The molecule has 0 saturated carbocycles. The van der Waals surface area contributed by atoms with Crippen molar-refractivity contribution in [2.45, 2.75) is 37.8 Å². The number of hydrogen-bond donors (Lipinski definition) is 2.